The Hall–Kier alpha value is -1.53. The molecule has 1 heterocycles. The Bertz CT molecular complexity index is 490. The average molecular weight is 265 g/mol. The molecule has 1 aromatic carbocycles. The molecule has 96 valence electrons. The second-order valence-corrected chi connectivity index (χ2v) is 5.07. The van der Waals surface area contributed by atoms with Crippen molar-refractivity contribution in [2.75, 3.05) is 16.4 Å². The van der Waals surface area contributed by atoms with Crippen molar-refractivity contribution in [3.05, 3.63) is 18.2 Å². The van der Waals surface area contributed by atoms with Crippen LogP contribution >= 0.6 is 11.8 Å². The van der Waals surface area contributed by atoms with Gasteiger partial charge in [-0.3, -0.25) is 9.59 Å². The molecule has 0 aromatic heterocycles. The number of fused-ring (bicyclic) bond motifs is 1. The van der Waals surface area contributed by atoms with E-state index in [0.717, 1.165) is 10.6 Å². The van der Waals surface area contributed by atoms with E-state index in [9.17, 15) is 9.59 Å². The van der Waals surface area contributed by atoms with E-state index in [2.05, 4.69) is 10.6 Å². The van der Waals surface area contributed by atoms with E-state index in [0.29, 0.717) is 17.9 Å². The molecule has 0 saturated heterocycles. The van der Waals surface area contributed by atoms with Gasteiger partial charge in [0.2, 0.25) is 11.8 Å². The van der Waals surface area contributed by atoms with E-state index >= 15 is 0 Å². The van der Waals surface area contributed by atoms with Crippen molar-refractivity contribution >= 4 is 35.0 Å². The molecule has 1 aliphatic rings. The fourth-order valence-electron chi connectivity index (χ4n) is 1.58. The van der Waals surface area contributed by atoms with Crippen LogP contribution < -0.4 is 16.4 Å². The van der Waals surface area contributed by atoms with E-state index in [1.54, 1.807) is 6.07 Å². The molecule has 4 N–H and O–H groups in total. The lowest BCUT2D eigenvalue weighted by molar-refractivity contribution is -0.117. The molecule has 0 bridgehead atoms. The first-order valence-electron chi connectivity index (χ1n) is 5.73. The van der Waals surface area contributed by atoms with Gasteiger partial charge in [0.15, 0.2) is 0 Å². The highest BCUT2D eigenvalue weighted by atomic mass is 32.2. The third kappa shape index (κ3) is 2.83. The van der Waals surface area contributed by atoms with Crippen LogP contribution in [0.15, 0.2) is 23.1 Å². The topological polar surface area (TPSA) is 84.2 Å². The molecule has 1 aliphatic heterocycles. The highest BCUT2D eigenvalue weighted by molar-refractivity contribution is 8.00. The third-order valence-electron chi connectivity index (χ3n) is 2.66. The van der Waals surface area contributed by atoms with Gasteiger partial charge in [0, 0.05) is 10.6 Å². The van der Waals surface area contributed by atoms with Crippen molar-refractivity contribution in [1.82, 2.24) is 0 Å². The van der Waals surface area contributed by atoms with Crippen LogP contribution in [0, 0.1) is 0 Å². The maximum absolute atomic E-state index is 11.6. The Balaban J connectivity index is 2.13. The zero-order chi connectivity index (χ0) is 13.1. The number of hydrogen-bond acceptors (Lipinski definition) is 4. The number of benzene rings is 1. The lowest BCUT2D eigenvalue weighted by atomic mass is 10.2. The smallest absolute Gasteiger partial charge is 0.241 e. The zero-order valence-corrected chi connectivity index (χ0v) is 10.8. The van der Waals surface area contributed by atoms with Crippen LogP contribution in [0.1, 0.15) is 13.3 Å². The van der Waals surface area contributed by atoms with Crippen molar-refractivity contribution in [2.45, 2.75) is 24.3 Å². The Morgan fingerprint density at radius 2 is 2.39 bits per heavy atom. The maximum atomic E-state index is 11.6. The largest absolute Gasteiger partial charge is 0.325 e. The van der Waals surface area contributed by atoms with Crippen molar-refractivity contribution in [2.24, 2.45) is 5.73 Å². The Kier molecular flexibility index (Phi) is 3.88. The molecule has 18 heavy (non-hydrogen) atoms. The normalized spacial score (nSPS) is 15.6. The average Bonchev–Trinajstić information content (AvgIpc) is 2.37. The third-order valence-corrected chi connectivity index (χ3v) is 3.73. The molecule has 0 unspecified atom stereocenters. The molecule has 0 radical (unpaired) electrons. The van der Waals surface area contributed by atoms with Gasteiger partial charge in [0.05, 0.1) is 17.5 Å². The van der Waals surface area contributed by atoms with Crippen LogP contribution in [0.4, 0.5) is 11.4 Å². The van der Waals surface area contributed by atoms with Gasteiger partial charge >= 0.3 is 0 Å². The summed E-state index contributed by atoms with van der Waals surface area (Å²) in [5, 5.41) is 5.51. The summed E-state index contributed by atoms with van der Waals surface area (Å²) in [5.41, 5.74) is 7.02. The lowest BCUT2D eigenvalue weighted by Gasteiger charge is -2.17. The van der Waals surface area contributed by atoms with E-state index < -0.39 is 6.04 Å². The second-order valence-electron chi connectivity index (χ2n) is 4.05. The zero-order valence-electron chi connectivity index (χ0n) is 10.0. The minimum absolute atomic E-state index is 0.0266. The van der Waals surface area contributed by atoms with Gasteiger partial charge in [0.25, 0.3) is 0 Å². The van der Waals surface area contributed by atoms with E-state index in [4.69, 9.17) is 5.73 Å². The molecule has 6 heteroatoms. The summed E-state index contributed by atoms with van der Waals surface area (Å²) in [5.74, 6) is 0.188. The Morgan fingerprint density at radius 3 is 3.11 bits per heavy atom. The molecule has 0 fully saturated rings. The number of rotatable bonds is 3. The van der Waals surface area contributed by atoms with Gasteiger partial charge in [0.1, 0.15) is 0 Å². The molecule has 0 spiro atoms. The summed E-state index contributed by atoms with van der Waals surface area (Å²) in [6, 6.07) is 4.93. The van der Waals surface area contributed by atoms with Gasteiger partial charge in [-0.2, -0.15) is 0 Å². The van der Waals surface area contributed by atoms with Gasteiger partial charge in [-0.25, -0.2) is 0 Å². The number of carbonyl (C=O) groups excluding carboxylic acids is 2. The number of thioether (sulfide) groups is 1. The van der Waals surface area contributed by atoms with Gasteiger partial charge in [-0.05, 0) is 24.6 Å². The van der Waals surface area contributed by atoms with Crippen molar-refractivity contribution in [3.8, 4) is 0 Å². The first kappa shape index (κ1) is 12.9. The summed E-state index contributed by atoms with van der Waals surface area (Å²) >= 11 is 1.49. The molecule has 1 aromatic rings. The highest BCUT2D eigenvalue weighted by Crippen LogP contribution is 2.33. The van der Waals surface area contributed by atoms with Crippen LogP contribution in [0.3, 0.4) is 0 Å². The van der Waals surface area contributed by atoms with Crippen molar-refractivity contribution < 1.29 is 9.59 Å². The SMILES string of the molecule is CC[C@H](N)C(=O)Nc1ccc2c(c1)NC(=O)CS2. The van der Waals surface area contributed by atoms with E-state index in [1.807, 2.05) is 19.1 Å². The fraction of sp³-hybridized carbons (Fsp3) is 0.333. The highest BCUT2D eigenvalue weighted by Gasteiger charge is 2.17. The summed E-state index contributed by atoms with van der Waals surface area (Å²) in [6.45, 7) is 1.86. The standard InChI is InChI=1S/C12H15N3O2S/c1-2-8(13)12(17)14-7-3-4-10-9(5-7)15-11(16)6-18-10/h3-5,8H,2,6,13H2,1H3,(H,14,17)(H,15,16)/t8-/m0/s1. The molecule has 2 rings (SSSR count). The van der Waals surface area contributed by atoms with E-state index in [-0.39, 0.29) is 11.8 Å². The first-order chi connectivity index (χ1) is 8.60. The van der Waals surface area contributed by atoms with E-state index in [1.165, 1.54) is 11.8 Å². The molecule has 0 aliphatic carbocycles. The predicted molar refractivity (Wildman–Crippen MR) is 72.7 cm³/mol. The minimum Gasteiger partial charge on any atom is -0.325 e. The van der Waals surface area contributed by atoms with Crippen LogP contribution in [-0.4, -0.2) is 23.6 Å². The fourth-order valence-corrected chi connectivity index (χ4v) is 2.37. The number of anilines is 2. The minimum atomic E-state index is -0.509. The number of hydrogen-bond donors (Lipinski definition) is 3. The van der Waals surface area contributed by atoms with Gasteiger partial charge in [-0.15, -0.1) is 11.8 Å². The second kappa shape index (κ2) is 5.41. The lowest BCUT2D eigenvalue weighted by Crippen LogP contribution is -2.34. The predicted octanol–water partition coefficient (Wildman–Crippen LogP) is 1.41. The number of nitrogens with one attached hydrogen (secondary N) is 2. The molecule has 2 amide bonds. The molecule has 5 nitrogen and oxygen atoms in total. The van der Waals surface area contributed by atoms with Gasteiger partial charge < -0.3 is 16.4 Å². The molecular formula is C12H15N3O2S. The van der Waals surface area contributed by atoms with Crippen LogP contribution in [0.25, 0.3) is 0 Å². The van der Waals surface area contributed by atoms with Crippen molar-refractivity contribution in [3.63, 3.8) is 0 Å². The van der Waals surface area contributed by atoms with Crippen LogP contribution in [0.2, 0.25) is 0 Å². The molecule has 1 atom stereocenters. The summed E-state index contributed by atoms with van der Waals surface area (Å²) in [6.07, 6.45) is 0.587. The summed E-state index contributed by atoms with van der Waals surface area (Å²) in [4.78, 5) is 23.9. The Labute approximate surface area is 110 Å². The maximum Gasteiger partial charge on any atom is 0.241 e. The quantitative estimate of drug-likeness (QED) is 0.771. The summed E-state index contributed by atoms with van der Waals surface area (Å²) in [7, 11) is 0. The van der Waals surface area contributed by atoms with Crippen molar-refractivity contribution in [1.29, 1.82) is 0 Å². The number of carbonyl (C=O) groups is 2. The van der Waals surface area contributed by atoms with Crippen LogP contribution in [0.5, 0.6) is 0 Å². The van der Waals surface area contributed by atoms with Crippen LogP contribution in [-0.2, 0) is 9.59 Å². The summed E-state index contributed by atoms with van der Waals surface area (Å²) < 4.78 is 0. The molecule has 0 saturated carbocycles. The van der Waals surface area contributed by atoms with Gasteiger partial charge in [-0.1, -0.05) is 6.92 Å². The molecular weight excluding hydrogens is 250 g/mol. The first-order valence-corrected chi connectivity index (χ1v) is 6.72. The number of amides is 2. The number of nitrogens with two attached hydrogens (primary N) is 1. The Morgan fingerprint density at radius 1 is 1.61 bits per heavy atom. The monoisotopic (exact) mass is 265 g/mol.